The average molecular weight is 211 g/mol. The second-order valence-corrected chi connectivity index (χ2v) is 4.45. The Morgan fingerprint density at radius 3 is 2.43 bits per heavy atom. The highest BCUT2D eigenvalue weighted by Crippen LogP contribution is 2.18. The van der Waals surface area contributed by atoms with Crippen molar-refractivity contribution < 1.29 is 0 Å². The normalized spacial score (nSPS) is 24.7. The van der Waals surface area contributed by atoms with Gasteiger partial charge in [0.25, 0.3) is 0 Å². The van der Waals surface area contributed by atoms with E-state index in [1.165, 1.54) is 13.1 Å². The largest absolute Gasteiger partial charge is 0.290 e. The molecule has 1 saturated heterocycles. The van der Waals surface area contributed by atoms with Crippen molar-refractivity contribution in [3.63, 3.8) is 0 Å². The molecule has 1 aliphatic rings. The van der Waals surface area contributed by atoms with E-state index in [2.05, 4.69) is 16.3 Å². The molecule has 1 heterocycles. The minimum atomic E-state index is 0.243. The van der Waals surface area contributed by atoms with Gasteiger partial charge in [-0.25, -0.2) is 0 Å². The number of nitrogens with zero attached hydrogens (tertiary/aromatic N) is 1. The Kier molecular flexibility index (Phi) is 1.80. The van der Waals surface area contributed by atoms with E-state index in [-0.39, 0.29) is 20.7 Å². The number of rotatable bonds is 2. The lowest BCUT2D eigenvalue weighted by atomic mass is 10.8. The second kappa shape index (κ2) is 2.22. The van der Waals surface area contributed by atoms with Crippen molar-refractivity contribution in [1.82, 2.24) is 4.90 Å². The summed E-state index contributed by atoms with van der Waals surface area (Å²) in [5.41, 5.74) is 0. The fourth-order valence-corrected chi connectivity index (χ4v) is 1.63. The molecule has 0 radical (unpaired) electrons. The van der Waals surface area contributed by atoms with E-state index in [9.17, 15) is 0 Å². The van der Waals surface area contributed by atoms with Gasteiger partial charge in [-0.05, 0) is 6.92 Å². The molecule has 0 aliphatic carbocycles. The minimum Gasteiger partial charge on any atom is -0.290 e. The predicted octanol–water partition coefficient (Wildman–Crippen LogP) is 1.05. The lowest BCUT2D eigenvalue weighted by Gasteiger charge is -2.01. The van der Waals surface area contributed by atoms with E-state index in [0.717, 1.165) is 4.05 Å². The summed E-state index contributed by atoms with van der Waals surface area (Å²) in [6.45, 7) is 4.93. The van der Waals surface area contributed by atoms with Crippen LogP contribution in [0.5, 0.6) is 0 Å². The smallest absolute Gasteiger partial charge is 0.0537 e. The van der Waals surface area contributed by atoms with Gasteiger partial charge < -0.3 is 0 Å². The summed E-state index contributed by atoms with van der Waals surface area (Å²) in [5.74, 6) is 0. The number of halogens is 1. The van der Waals surface area contributed by atoms with Crippen LogP contribution in [0, 0.1) is 0 Å². The van der Waals surface area contributed by atoms with E-state index in [4.69, 9.17) is 0 Å². The molecule has 0 spiro atoms. The first kappa shape index (κ1) is 5.69. The van der Waals surface area contributed by atoms with Gasteiger partial charge in [-0.3, -0.25) is 4.90 Å². The monoisotopic (exact) mass is 211 g/mol. The van der Waals surface area contributed by atoms with Gasteiger partial charge in [-0.2, -0.15) is 0 Å². The van der Waals surface area contributed by atoms with E-state index in [0.29, 0.717) is 0 Å². The second-order valence-electron chi connectivity index (χ2n) is 1.76. The Morgan fingerprint density at radius 2 is 2.29 bits per heavy atom. The van der Waals surface area contributed by atoms with Crippen LogP contribution in [0.15, 0.2) is 0 Å². The first-order valence-electron chi connectivity index (χ1n) is 2.45. The molecular formula is C5H10IN. The summed E-state index contributed by atoms with van der Waals surface area (Å²) < 4.78 is 4.76. The molecule has 0 aromatic carbocycles. The van der Waals surface area contributed by atoms with Gasteiger partial charge in [0.2, 0.25) is 0 Å². The molecule has 0 N–H and O–H groups in total. The quantitative estimate of drug-likeness (QED) is 0.285. The molecule has 1 aliphatic heterocycles. The van der Waals surface area contributed by atoms with E-state index in [1.54, 1.807) is 0 Å². The third-order valence-electron chi connectivity index (χ3n) is 1.21. The molecule has 2 heteroatoms. The van der Waals surface area contributed by atoms with Crippen LogP contribution in [0.2, 0.25) is 0 Å². The maximum absolute atomic E-state index is 3.92. The average Bonchev–Trinajstić information content (AvgIpc) is 2.44. The highest BCUT2D eigenvalue weighted by molar-refractivity contribution is 14.2. The van der Waals surface area contributed by atoms with E-state index >= 15 is 0 Å². The summed E-state index contributed by atoms with van der Waals surface area (Å²) in [5, 5.41) is 0. The van der Waals surface area contributed by atoms with E-state index in [1.807, 2.05) is 0 Å². The van der Waals surface area contributed by atoms with Crippen molar-refractivity contribution in [3.05, 3.63) is 0 Å². The molecule has 1 atom stereocenters. The molecule has 0 aromatic heterocycles. The topological polar surface area (TPSA) is 3.01 Å². The van der Waals surface area contributed by atoms with Gasteiger partial charge in [0.15, 0.2) is 0 Å². The van der Waals surface area contributed by atoms with Crippen LogP contribution in [0.25, 0.3) is 0 Å². The lowest BCUT2D eigenvalue weighted by Crippen LogP contribution is -2.03. The molecule has 42 valence electrons. The highest BCUT2D eigenvalue weighted by atomic mass is 127. The van der Waals surface area contributed by atoms with Crippen LogP contribution < -0.4 is 0 Å². The first-order valence-corrected chi connectivity index (χ1v) is 5.22. The van der Waals surface area contributed by atoms with Crippen LogP contribution in [0.3, 0.4) is 0 Å². The van der Waals surface area contributed by atoms with Crippen LogP contribution in [0.4, 0.5) is 0 Å². The summed E-state index contributed by atoms with van der Waals surface area (Å²) in [4.78, 5) is 2.46. The number of hydrogen-bond acceptors (Lipinski definition) is 1. The Hall–Kier alpha value is 0.560. The Morgan fingerprint density at radius 1 is 1.71 bits per heavy atom. The predicted molar refractivity (Wildman–Crippen MR) is 42.2 cm³/mol. The van der Waals surface area contributed by atoms with Gasteiger partial charge in [-0.1, -0.05) is 4.51 Å². The molecular weight excluding hydrogens is 201 g/mol. The summed E-state index contributed by atoms with van der Waals surface area (Å²) in [6.07, 6.45) is 0. The van der Waals surface area contributed by atoms with Crippen molar-refractivity contribution in [2.75, 3.05) is 13.1 Å². The van der Waals surface area contributed by atoms with E-state index < -0.39 is 0 Å². The van der Waals surface area contributed by atoms with Crippen molar-refractivity contribution >= 4 is 25.2 Å². The minimum absolute atomic E-state index is 0.243. The molecule has 0 bridgehead atoms. The zero-order valence-corrected chi connectivity index (χ0v) is 6.68. The highest BCUT2D eigenvalue weighted by Gasteiger charge is 2.21. The Balaban J connectivity index is 2.22. The standard InChI is InChI=1S/C5H10IN/c1-5(6-2)7-3-4-7/h5H,2-4H2,1H3. The fourth-order valence-electron chi connectivity index (χ4n) is 0.511. The molecule has 1 rings (SSSR count). The molecule has 1 nitrogen and oxygen atoms in total. The van der Waals surface area contributed by atoms with Gasteiger partial charge in [0.05, 0.1) is 4.05 Å². The Labute approximate surface area is 54.4 Å². The van der Waals surface area contributed by atoms with Crippen molar-refractivity contribution in [1.29, 1.82) is 0 Å². The summed E-state index contributed by atoms with van der Waals surface area (Å²) >= 11 is 0.243. The van der Waals surface area contributed by atoms with Crippen LogP contribution >= 0.6 is 20.7 Å². The molecule has 1 fully saturated rings. The molecule has 7 heavy (non-hydrogen) atoms. The third-order valence-corrected chi connectivity index (χ3v) is 3.27. The lowest BCUT2D eigenvalue weighted by molar-refractivity contribution is 0.573. The number of alkyl halides is 1. The van der Waals surface area contributed by atoms with Gasteiger partial charge in [0.1, 0.15) is 0 Å². The summed E-state index contributed by atoms with van der Waals surface area (Å²) in [6, 6.07) is 0. The zero-order valence-electron chi connectivity index (χ0n) is 4.52. The maximum Gasteiger partial charge on any atom is 0.0537 e. The fraction of sp³-hybridized carbons (Fsp3) is 0.800. The molecule has 0 amide bonds. The van der Waals surface area contributed by atoms with Gasteiger partial charge >= 0.3 is 0 Å². The third kappa shape index (κ3) is 1.49. The Bertz CT molecular complexity index is 78.1. The maximum atomic E-state index is 3.92. The van der Waals surface area contributed by atoms with Crippen molar-refractivity contribution in [3.8, 4) is 0 Å². The summed E-state index contributed by atoms with van der Waals surface area (Å²) in [7, 11) is 0. The molecule has 0 aromatic rings. The zero-order chi connectivity index (χ0) is 5.28. The van der Waals surface area contributed by atoms with Crippen LogP contribution in [-0.4, -0.2) is 26.6 Å². The van der Waals surface area contributed by atoms with Crippen LogP contribution in [0.1, 0.15) is 6.92 Å². The van der Waals surface area contributed by atoms with Crippen molar-refractivity contribution in [2.45, 2.75) is 11.0 Å². The first-order chi connectivity index (χ1) is 3.34. The van der Waals surface area contributed by atoms with Crippen LogP contribution in [-0.2, 0) is 0 Å². The molecule has 0 saturated carbocycles. The van der Waals surface area contributed by atoms with Gasteiger partial charge in [-0.15, -0.1) is 20.7 Å². The number of hydrogen-bond donors (Lipinski definition) is 0. The SMILES string of the molecule is C=IC(C)N1CC1. The van der Waals surface area contributed by atoms with Crippen molar-refractivity contribution in [2.24, 2.45) is 0 Å². The van der Waals surface area contributed by atoms with Gasteiger partial charge in [0, 0.05) is 13.1 Å². The molecule has 1 unspecified atom stereocenters.